The minimum atomic E-state index is -2.83. The van der Waals surface area contributed by atoms with Gasteiger partial charge in [0.05, 0.1) is 11.5 Å². The molecule has 0 saturated heterocycles. The maximum Gasteiger partial charge on any atom is 0.154 e. The monoisotopic (exact) mass is 162 g/mol. The van der Waals surface area contributed by atoms with Crippen molar-refractivity contribution in [1.29, 1.82) is 0 Å². The molecule has 0 unspecified atom stereocenters. The molecule has 0 heterocycles. The first kappa shape index (κ1) is 9.69. The van der Waals surface area contributed by atoms with Gasteiger partial charge in [-0.15, -0.1) is 0 Å². The number of hydrogen-bond acceptors (Lipinski definition) is 2. The van der Waals surface area contributed by atoms with E-state index >= 15 is 0 Å². The largest absolute Gasteiger partial charge is 0.229 e. The van der Waals surface area contributed by atoms with Crippen LogP contribution >= 0.6 is 0 Å². The average Bonchev–Trinajstić information content (AvgIpc) is 1.59. The predicted octanol–water partition coefficient (Wildman–Crippen LogP) is 1.39. The molecule has 0 rings (SSSR count). The molecule has 0 aliphatic carbocycles. The van der Waals surface area contributed by atoms with Gasteiger partial charge in [-0.05, 0) is 13.3 Å². The predicted molar refractivity (Wildman–Crippen MR) is 43.8 cm³/mol. The van der Waals surface area contributed by atoms with Crippen molar-refractivity contribution in [3.05, 3.63) is 12.2 Å². The Morgan fingerprint density at radius 1 is 1.50 bits per heavy atom. The Hall–Kier alpha value is -0.310. The normalized spacial score (nSPS) is 11.4. The number of rotatable bonds is 4. The first-order valence-corrected chi connectivity index (χ1v) is 5.15. The van der Waals surface area contributed by atoms with Gasteiger partial charge in [-0.25, -0.2) is 8.42 Å². The van der Waals surface area contributed by atoms with Crippen LogP contribution in [-0.2, 0) is 9.84 Å². The van der Waals surface area contributed by atoms with Gasteiger partial charge in [0, 0.05) is 0 Å². The molecule has 0 fully saturated rings. The third-order valence-electron chi connectivity index (χ3n) is 0.981. The second-order valence-electron chi connectivity index (χ2n) is 2.55. The van der Waals surface area contributed by atoms with Crippen molar-refractivity contribution in [3.8, 4) is 0 Å². The van der Waals surface area contributed by atoms with Crippen molar-refractivity contribution in [1.82, 2.24) is 0 Å². The lowest BCUT2D eigenvalue weighted by atomic mass is 10.4. The second kappa shape index (κ2) is 3.76. The van der Waals surface area contributed by atoms with Crippen molar-refractivity contribution in [2.75, 3.05) is 11.5 Å². The van der Waals surface area contributed by atoms with Gasteiger partial charge in [0.25, 0.3) is 0 Å². The molecular formula is C7H14O2S. The summed E-state index contributed by atoms with van der Waals surface area (Å²) in [4.78, 5) is 0. The molecule has 0 amide bonds. The maximum absolute atomic E-state index is 11.0. The molecule has 60 valence electrons. The van der Waals surface area contributed by atoms with Gasteiger partial charge in [-0.3, -0.25) is 0 Å². The maximum atomic E-state index is 11.0. The van der Waals surface area contributed by atoms with Gasteiger partial charge >= 0.3 is 0 Å². The van der Waals surface area contributed by atoms with E-state index in [4.69, 9.17) is 0 Å². The fourth-order valence-corrected chi connectivity index (χ4v) is 2.28. The molecule has 0 atom stereocenters. The molecule has 10 heavy (non-hydrogen) atoms. The molecule has 2 nitrogen and oxygen atoms in total. The highest BCUT2D eigenvalue weighted by Gasteiger charge is 2.07. The minimum absolute atomic E-state index is 0.140. The molecule has 0 N–H and O–H groups in total. The van der Waals surface area contributed by atoms with Crippen LogP contribution in [0, 0.1) is 0 Å². The van der Waals surface area contributed by atoms with Gasteiger partial charge in [0.2, 0.25) is 0 Å². The molecule has 0 aromatic carbocycles. The lowest BCUT2D eigenvalue weighted by Crippen LogP contribution is -2.10. The zero-order valence-electron chi connectivity index (χ0n) is 6.55. The summed E-state index contributed by atoms with van der Waals surface area (Å²) in [6.07, 6.45) is 0.690. The summed E-state index contributed by atoms with van der Waals surface area (Å²) in [5.74, 6) is 0.417. The third-order valence-corrected chi connectivity index (χ3v) is 2.94. The summed E-state index contributed by atoms with van der Waals surface area (Å²) in [6.45, 7) is 7.13. The summed E-state index contributed by atoms with van der Waals surface area (Å²) in [5, 5.41) is 0. The Balaban J connectivity index is 4.02. The second-order valence-corrected chi connectivity index (χ2v) is 4.73. The van der Waals surface area contributed by atoms with Crippen molar-refractivity contribution >= 4 is 9.84 Å². The van der Waals surface area contributed by atoms with Crippen LogP contribution in [-0.4, -0.2) is 19.9 Å². The van der Waals surface area contributed by atoms with E-state index in [-0.39, 0.29) is 11.5 Å². The van der Waals surface area contributed by atoms with Crippen molar-refractivity contribution in [2.45, 2.75) is 20.3 Å². The summed E-state index contributed by atoms with van der Waals surface area (Å²) >= 11 is 0. The van der Waals surface area contributed by atoms with Crippen LogP contribution in [0.5, 0.6) is 0 Å². The van der Waals surface area contributed by atoms with Gasteiger partial charge in [0.15, 0.2) is 9.84 Å². The van der Waals surface area contributed by atoms with Crippen LogP contribution in [0.25, 0.3) is 0 Å². The molecule has 0 aromatic rings. The van der Waals surface area contributed by atoms with E-state index in [1.807, 2.05) is 6.92 Å². The zero-order valence-corrected chi connectivity index (χ0v) is 7.37. The lowest BCUT2D eigenvalue weighted by molar-refractivity contribution is 0.597. The molecule has 0 aliphatic heterocycles. The van der Waals surface area contributed by atoms with E-state index in [0.29, 0.717) is 12.0 Å². The van der Waals surface area contributed by atoms with Crippen LogP contribution in [0.15, 0.2) is 12.2 Å². The van der Waals surface area contributed by atoms with Crippen LogP contribution in [0.1, 0.15) is 20.3 Å². The molecular weight excluding hydrogens is 148 g/mol. The smallest absolute Gasteiger partial charge is 0.154 e. The molecule has 0 spiro atoms. The Bertz CT molecular complexity index is 202. The Labute approximate surface area is 62.9 Å². The van der Waals surface area contributed by atoms with Crippen molar-refractivity contribution in [2.24, 2.45) is 0 Å². The Morgan fingerprint density at radius 3 is 2.30 bits per heavy atom. The molecule has 0 aromatic heterocycles. The van der Waals surface area contributed by atoms with Crippen LogP contribution < -0.4 is 0 Å². The molecule has 0 saturated carbocycles. The molecule has 0 aliphatic rings. The van der Waals surface area contributed by atoms with Crippen LogP contribution in [0.2, 0.25) is 0 Å². The highest BCUT2D eigenvalue weighted by molar-refractivity contribution is 7.91. The van der Waals surface area contributed by atoms with E-state index in [0.717, 1.165) is 0 Å². The topological polar surface area (TPSA) is 34.1 Å². The van der Waals surface area contributed by atoms with Gasteiger partial charge in [0.1, 0.15) is 0 Å². The molecule has 3 heteroatoms. The van der Waals surface area contributed by atoms with E-state index in [1.165, 1.54) is 0 Å². The van der Waals surface area contributed by atoms with E-state index < -0.39 is 9.84 Å². The fourth-order valence-electron chi connectivity index (χ4n) is 0.759. The van der Waals surface area contributed by atoms with Gasteiger partial charge in [-0.1, -0.05) is 19.1 Å². The van der Waals surface area contributed by atoms with Gasteiger partial charge in [-0.2, -0.15) is 0 Å². The first-order valence-electron chi connectivity index (χ1n) is 3.32. The summed E-state index contributed by atoms with van der Waals surface area (Å²) < 4.78 is 22.0. The average molecular weight is 162 g/mol. The standard InChI is InChI=1S/C7H14O2S/c1-4-5-10(8,9)6-7(2)3/h2,4-6H2,1,3H3. The highest BCUT2D eigenvalue weighted by atomic mass is 32.2. The summed E-state index contributed by atoms with van der Waals surface area (Å²) in [7, 11) is -2.83. The number of hydrogen-bond donors (Lipinski definition) is 0. The summed E-state index contributed by atoms with van der Waals surface area (Å²) in [6, 6.07) is 0. The molecule has 0 radical (unpaired) electrons. The molecule has 0 bridgehead atoms. The number of sulfone groups is 1. The minimum Gasteiger partial charge on any atom is -0.229 e. The third kappa shape index (κ3) is 4.56. The van der Waals surface area contributed by atoms with E-state index in [9.17, 15) is 8.42 Å². The van der Waals surface area contributed by atoms with Crippen LogP contribution in [0.3, 0.4) is 0 Å². The SMILES string of the molecule is C=C(C)CS(=O)(=O)CCC. The Morgan fingerprint density at radius 2 is 2.00 bits per heavy atom. The van der Waals surface area contributed by atoms with Crippen LogP contribution in [0.4, 0.5) is 0 Å². The Kier molecular flexibility index (Phi) is 3.64. The van der Waals surface area contributed by atoms with Crippen molar-refractivity contribution < 1.29 is 8.42 Å². The van der Waals surface area contributed by atoms with E-state index in [2.05, 4.69) is 6.58 Å². The zero-order chi connectivity index (χ0) is 8.20. The summed E-state index contributed by atoms with van der Waals surface area (Å²) in [5.41, 5.74) is 0.716. The van der Waals surface area contributed by atoms with E-state index in [1.54, 1.807) is 6.92 Å². The highest BCUT2D eigenvalue weighted by Crippen LogP contribution is 1.99. The quantitative estimate of drug-likeness (QED) is 0.585. The lowest BCUT2D eigenvalue weighted by Gasteiger charge is -1.99. The van der Waals surface area contributed by atoms with Crippen molar-refractivity contribution in [3.63, 3.8) is 0 Å². The fraction of sp³-hybridized carbons (Fsp3) is 0.714. The van der Waals surface area contributed by atoms with Gasteiger partial charge < -0.3 is 0 Å². The first-order chi connectivity index (χ1) is 4.48.